The molecule has 1 rings (SSSR count). The molecule has 0 aliphatic heterocycles. The summed E-state index contributed by atoms with van der Waals surface area (Å²) < 4.78 is 9.77. The Morgan fingerprint density at radius 3 is 2.83 bits per heavy atom. The Hall–Kier alpha value is -1.23. The molecule has 0 saturated carbocycles. The zero-order valence-electron chi connectivity index (χ0n) is 7.07. The SMILES string of the molecule is COc1cc(C)c(OBO)cn1. The van der Waals surface area contributed by atoms with Gasteiger partial charge in [0.2, 0.25) is 5.88 Å². The summed E-state index contributed by atoms with van der Waals surface area (Å²) in [5, 5.41) is 8.49. The van der Waals surface area contributed by atoms with Crippen LogP contribution in [0.5, 0.6) is 11.6 Å². The molecule has 0 bridgehead atoms. The Balaban J connectivity index is 2.87. The minimum Gasteiger partial charge on any atom is -0.538 e. The number of aromatic nitrogens is 1. The third-order valence-corrected chi connectivity index (χ3v) is 1.47. The van der Waals surface area contributed by atoms with Gasteiger partial charge in [-0.1, -0.05) is 0 Å². The summed E-state index contributed by atoms with van der Waals surface area (Å²) in [5.41, 5.74) is 0.885. The van der Waals surface area contributed by atoms with Crippen LogP contribution in [0, 0.1) is 6.92 Å². The second-order valence-corrected chi connectivity index (χ2v) is 2.27. The van der Waals surface area contributed by atoms with Crippen molar-refractivity contribution < 1.29 is 14.4 Å². The first-order valence-corrected chi connectivity index (χ1v) is 3.52. The largest absolute Gasteiger partial charge is 0.538 e. The third-order valence-electron chi connectivity index (χ3n) is 1.47. The maximum atomic E-state index is 8.49. The molecule has 0 amide bonds. The van der Waals surface area contributed by atoms with Gasteiger partial charge in [0.15, 0.2) is 0 Å². The van der Waals surface area contributed by atoms with Gasteiger partial charge in [0.25, 0.3) is 0 Å². The summed E-state index contributed by atoms with van der Waals surface area (Å²) in [4.78, 5) is 3.92. The molecule has 1 heterocycles. The summed E-state index contributed by atoms with van der Waals surface area (Å²) in [6.45, 7) is 1.86. The maximum Gasteiger partial charge on any atom is 0.504 e. The Morgan fingerprint density at radius 2 is 2.33 bits per heavy atom. The molecular weight excluding hydrogens is 157 g/mol. The quantitative estimate of drug-likeness (QED) is 0.645. The van der Waals surface area contributed by atoms with E-state index in [9.17, 15) is 0 Å². The highest BCUT2D eigenvalue weighted by atomic mass is 16.5. The van der Waals surface area contributed by atoms with Crippen LogP contribution in [0.4, 0.5) is 0 Å². The highest BCUT2D eigenvalue weighted by Gasteiger charge is 2.01. The van der Waals surface area contributed by atoms with Crippen molar-refractivity contribution in [1.29, 1.82) is 0 Å². The normalized spacial score (nSPS) is 9.25. The Morgan fingerprint density at radius 1 is 1.58 bits per heavy atom. The van der Waals surface area contributed by atoms with E-state index in [4.69, 9.17) is 14.4 Å². The van der Waals surface area contributed by atoms with Gasteiger partial charge in [-0.15, -0.1) is 0 Å². The predicted molar refractivity (Wildman–Crippen MR) is 45.5 cm³/mol. The van der Waals surface area contributed by atoms with Crippen molar-refractivity contribution in [3.8, 4) is 11.6 Å². The first-order valence-electron chi connectivity index (χ1n) is 3.52. The van der Waals surface area contributed by atoms with E-state index in [1.165, 1.54) is 6.20 Å². The Bertz CT molecular complexity index is 267. The lowest BCUT2D eigenvalue weighted by atomic mass is 10.2. The number of nitrogens with zero attached hydrogens (tertiary/aromatic N) is 1. The van der Waals surface area contributed by atoms with Crippen molar-refractivity contribution in [2.45, 2.75) is 6.92 Å². The maximum absolute atomic E-state index is 8.49. The molecular formula is C7H10BNO3. The van der Waals surface area contributed by atoms with Gasteiger partial charge in [0, 0.05) is 6.07 Å². The van der Waals surface area contributed by atoms with Gasteiger partial charge in [-0.25, -0.2) is 4.98 Å². The van der Waals surface area contributed by atoms with Gasteiger partial charge in [-0.2, -0.15) is 0 Å². The average molecular weight is 167 g/mol. The predicted octanol–water partition coefficient (Wildman–Crippen LogP) is 0.0362. The van der Waals surface area contributed by atoms with Crippen LogP contribution >= 0.6 is 0 Å². The number of ether oxygens (including phenoxy) is 1. The average Bonchev–Trinajstić information content (AvgIpc) is 2.09. The number of rotatable bonds is 3. The highest BCUT2D eigenvalue weighted by Crippen LogP contribution is 2.19. The number of hydrogen-bond donors (Lipinski definition) is 1. The zero-order chi connectivity index (χ0) is 8.97. The fourth-order valence-electron chi connectivity index (χ4n) is 0.850. The lowest BCUT2D eigenvalue weighted by molar-refractivity contribution is 0.394. The summed E-state index contributed by atoms with van der Waals surface area (Å²) in [7, 11) is 1.21. The number of hydrogen-bond acceptors (Lipinski definition) is 4. The zero-order valence-corrected chi connectivity index (χ0v) is 7.07. The Labute approximate surface area is 71.5 Å². The van der Waals surface area contributed by atoms with Crippen LogP contribution in [0.25, 0.3) is 0 Å². The van der Waals surface area contributed by atoms with E-state index >= 15 is 0 Å². The summed E-state index contributed by atoms with van der Waals surface area (Å²) >= 11 is 0. The van der Waals surface area contributed by atoms with Crippen molar-refractivity contribution in [2.24, 2.45) is 0 Å². The molecule has 0 fully saturated rings. The van der Waals surface area contributed by atoms with Crippen molar-refractivity contribution in [3.05, 3.63) is 17.8 Å². The van der Waals surface area contributed by atoms with Crippen LogP contribution in [0.15, 0.2) is 12.3 Å². The molecule has 1 aromatic rings. The molecule has 0 spiro atoms. The molecule has 1 N–H and O–H groups in total. The number of methoxy groups -OCH3 is 1. The van der Waals surface area contributed by atoms with Gasteiger partial charge >= 0.3 is 7.69 Å². The lowest BCUT2D eigenvalue weighted by Gasteiger charge is -2.06. The summed E-state index contributed by atoms with van der Waals surface area (Å²) in [6.07, 6.45) is 1.52. The molecule has 64 valence electrons. The third kappa shape index (κ3) is 1.89. The topological polar surface area (TPSA) is 51.6 Å². The first-order chi connectivity index (χ1) is 5.77. The molecule has 0 aromatic carbocycles. The van der Waals surface area contributed by atoms with Crippen molar-refractivity contribution >= 4 is 7.69 Å². The van der Waals surface area contributed by atoms with E-state index in [-0.39, 0.29) is 7.69 Å². The van der Waals surface area contributed by atoms with E-state index in [0.717, 1.165) is 5.56 Å². The van der Waals surface area contributed by atoms with Crippen LogP contribution in [0.3, 0.4) is 0 Å². The van der Waals surface area contributed by atoms with Gasteiger partial charge in [-0.3, -0.25) is 0 Å². The van der Waals surface area contributed by atoms with Gasteiger partial charge in [0.05, 0.1) is 13.3 Å². The standard InChI is InChI=1S/C7H10BNO3/c1-5-3-7(11-2)9-4-6(5)12-8-10/h3-4,8,10H,1-2H3. The van der Waals surface area contributed by atoms with E-state index < -0.39 is 0 Å². The Kier molecular flexibility index (Phi) is 2.93. The summed E-state index contributed by atoms with van der Waals surface area (Å²) in [6, 6.07) is 1.74. The van der Waals surface area contributed by atoms with Crippen LogP contribution < -0.4 is 9.39 Å². The highest BCUT2D eigenvalue weighted by molar-refractivity contribution is 6.17. The second kappa shape index (κ2) is 3.97. The van der Waals surface area contributed by atoms with Crippen LogP contribution in [-0.4, -0.2) is 24.8 Å². The van der Waals surface area contributed by atoms with E-state index in [0.29, 0.717) is 11.6 Å². The molecule has 0 unspecified atom stereocenters. The molecule has 0 saturated heterocycles. The molecule has 1 aromatic heterocycles. The molecule has 0 aliphatic rings. The number of pyridine rings is 1. The van der Waals surface area contributed by atoms with Crippen molar-refractivity contribution in [1.82, 2.24) is 4.98 Å². The van der Waals surface area contributed by atoms with E-state index in [1.807, 2.05) is 6.92 Å². The summed E-state index contributed by atoms with van der Waals surface area (Å²) in [5.74, 6) is 1.11. The molecule has 4 nitrogen and oxygen atoms in total. The number of aryl methyl sites for hydroxylation is 1. The molecule has 5 heteroatoms. The first kappa shape index (κ1) is 8.87. The van der Waals surface area contributed by atoms with E-state index in [2.05, 4.69) is 4.98 Å². The lowest BCUT2D eigenvalue weighted by Crippen LogP contribution is -2.02. The van der Waals surface area contributed by atoms with Gasteiger partial charge in [-0.05, 0) is 12.5 Å². The van der Waals surface area contributed by atoms with Crippen LogP contribution in [0.2, 0.25) is 0 Å². The monoisotopic (exact) mass is 167 g/mol. The smallest absolute Gasteiger partial charge is 0.504 e. The van der Waals surface area contributed by atoms with Crippen LogP contribution in [0.1, 0.15) is 5.56 Å². The second-order valence-electron chi connectivity index (χ2n) is 2.27. The molecule has 0 atom stereocenters. The van der Waals surface area contributed by atoms with E-state index in [1.54, 1.807) is 13.2 Å². The van der Waals surface area contributed by atoms with Crippen LogP contribution in [-0.2, 0) is 0 Å². The minimum atomic E-state index is -0.338. The fraction of sp³-hybridized carbons (Fsp3) is 0.286. The van der Waals surface area contributed by atoms with Crippen molar-refractivity contribution in [2.75, 3.05) is 7.11 Å². The molecule has 12 heavy (non-hydrogen) atoms. The molecule has 0 radical (unpaired) electrons. The fourth-order valence-corrected chi connectivity index (χ4v) is 0.850. The van der Waals surface area contributed by atoms with Crippen molar-refractivity contribution in [3.63, 3.8) is 0 Å². The van der Waals surface area contributed by atoms with Gasteiger partial charge in [0.1, 0.15) is 5.75 Å². The molecule has 0 aliphatic carbocycles. The van der Waals surface area contributed by atoms with Gasteiger partial charge < -0.3 is 14.4 Å². The minimum absolute atomic E-state index is 0.338.